The fourth-order valence-electron chi connectivity index (χ4n) is 2.44. The van der Waals surface area contributed by atoms with Crippen LogP contribution in [0.2, 0.25) is 0 Å². The van der Waals surface area contributed by atoms with Crippen LogP contribution in [0.4, 0.5) is 0 Å². The Bertz CT molecular complexity index is 681. The summed E-state index contributed by atoms with van der Waals surface area (Å²) in [5, 5.41) is 0. The highest BCUT2D eigenvalue weighted by atomic mass is 16.5. The molecular weight excluding hydrogens is 344 g/mol. The number of hydrogen-bond acceptors (Lipinski definition) is 5. The van der Waals surface area contributed by atoms with Crippen LogP contribution in [0.3, 0.4) is 0 Å². The van der Waals surface area contributed by atoms with Gasteiger partial charge in [0.1, 0.15) is 23.9 Å². The number of rotatable bonds is 3. The molecule has 0 fully saturated rings. The molecule has 3 rings (SSSR count). The maximum Gasteiger partial charge on any atom is 0.292 e. The fourth-order valence-corrected chi connectivity index (χ4v) is 2.44. The number of aromatic nitrogens is 2. The van der Waals surface area contributed by atoms with E-state index in [9.17, 15) is 0 Å². The van der Waals surface area contributed by atoms with Gasteiger partial charge in [-0.25, -0.2) is 4.98 Å². The number of benzene rings is 1. The van der Waals surface area contributed by atoms with Crippen molar-refractivity contribution < 1.29 is 19.0 Å². The lowest BCUT2D eigenvalue weighted by atomic mass is 10.2. The molecule has 0 spiro atoms. The van der Waals surface area contributed by atoms with Crippen LogP contribution in [0.25, 0.3) is 11.4 Å². The third kappa shape index (κ3) is 6.62. The molecule has 0 amide bonds. The molecule has 0 saturated carbocycles. The predicted octanol–water partition coefficient (Wildman–Crippen LogP) is 4.80. The van der Waals surface area contributed by atoms with E-state index in [1.807, 2.05) is 59.7 Å². The summed E-state index contributed by atoms with van der Waals surface area (Å²) in [4.78, 5) is 13.6. The van der Waals surface area contributed by atoms with E-state index in [1.54, 1.807) is 0 Å². The maximum absolute atomic E-state index is 8.95. The zero-order valence-electron chi connectivity index (χ0n) is 18.0. The van der Waals surface area contributed by atoms with Gasteiger partial charge in [0.2, 0.25) is 0 Å². The molecule has 2 heterocycles. The molecule has 0 N–H and O–H groups in total. The smallest absolute Gasteiger partial charge is 0.292 e. The van der Waals surface area contributed by atoms with Gasteiger partial charge in [-0.15, -0.1) is 0 Å². The Balaban J connectivity index is 0.000000737. The summed E-state index contributed by atoms with van der Waals surface area (Å²) < 4.78 is 17.4. The average molecular weight is 379 g/mol. The van der Waals surface area contributed by atoms with Crippen molar-refractivity contribution >= 4 is 6.47 Å². The molecule has 1 aliphatic heterocycles. The van der Waals surface area contributed by atoms with Crippen molar-refractivity contribution in [2.75, 3.05) is 20.3 Å². The third-order valence-corrected chi connectivity index (χ3v) is 3.63. The number of ether oxygens (including phenoxy) is 3. The number of methoxy groups -OCH3 is 1. The number of nitrogens with zero attached hydrogens (tertiary/aromatic N) is 2. The Labute approximate surface area is 163 Å². The van der Waals surface area contributed by atoms with E-state index in [2.05, 4.69) is 21.2 Å². The number of carbonyl (C=O) groups is 1. The highest BCUT2D eigenvalue weighted by molar-refractivity contribution is 5.67. The van der Waals surface area contributed by atoms with Crippen molar-refractivity contribution in [2.24, 2.45) is 0 Å². The van der Waals surface area contributed by atoms with Crippen LogP contribution in [0.5, 0.6) is 11.5 Å². The van der Waals surface area contributed by atoms with Crippen LogP contribution >= 0.6 is 0 Å². The van der Waals surface area contributed by atoms with E-state index in [1.165, 1.54) is 12.8 Å². The lowest BCUT2D eigenvalue weighted by Gasteiger charge is -2.09. The van der Waals surface area contributed by atoms with E-state index < -0.39 is 0 Å². The second kappa shape index (κ2) is 13.7. The van der Waals surface area contributed by atoms with Gasteiger partial charge < -0.3 is 18.8 Å². The summed E-state index contributed by atoms with van der Waals surface area (Å²) >= 11 is 0. The lowest BCUT2D eigenvalue weighted by molar-refractivity contribution is -0.126. The van der Waals surface area contributed by atoms with Crippen molar-refractivity contribution in [3.63, 3.8) is 0 Å². The second-order valence-corrected chi connectivity index (χ2v) is 5.03. The molecular formula is C21H34N2O4. The highest BCUT2D eigenvalue weighted by Gasteiger charge is 2.20. The SMILES string of the molecule is CC.CC.CCOc1ccc2c(c1)OCCn1c-2nc(C)c1C.COC=O. The van der Waals surface area contributed by atoms with Crippen molar-refractivity contribution in [1.82, 2.24) is 9.55 Å². The number of fused-ring (bicyclic) bond motifs is 3. The first-order chi connectivity index (χ1) is 13.1. The quantitative estimate of drug-likeness (QED) is 0.718. The standard InChI is InChI=1S/C15H18N2O2.C2H4O2.2C2H6/c1-4-18-12-5-6-13-14(9-12)19-8-7-17-11(3)10(2)16-15(13)17;1-4-2-3;2*1-2/h5-6,9H,4,7-8H2,1-3H3;2H,1H3;2*1-2H3. The first-order valence-electron chi connectivity index (χ1n) is 9.52. The van der Waals surface area contributed by atoms with Crippen molar-refractivity contribution in [3.05, 3.63) is 29.6 Å². The minimum absolute atomic E-state index is 0.375. The molecule has 0 unspecified atom stereocenters. The zero-order chi connectivity index (χ0) is 20.8. The third-order valence-electron chi connectivity index (χ3n) is 3.63. The first-order valence-corrected chi connectivity index (χ1v) is 9.52. The van der Waals surface area contributed by atoms with Gasteiger partial charge in [0, 0.05) is 11.8 Å². The molecule has 1 aromatic carbocycles. The van der Waals surface area contributed by atoms with E-state index in [-0.39, 0.29) is 0 Å². The Kier molecular flexibility index (Phi) is 12.4. The largest absolute Gasteiger partial charge is 0.494 e. The Morgan fingerprint density at radius 1 is 1.22 bits per heavy atom. The zero-order valence-corrected chi connectivity index (χ0v) is 18.0. The number of hydrogen-bond donors (Lipinski definition) is 0. The monoisotopic (exact) mass is 378 g/mol. The van der Waals surface area contributed by atoms with Gasteiger partial charge in [0.25, 0.3) is 6.47 Å². The fraction of sp³-hybridized carbons (Fsp3) is 0.524. The molecule has 1 aromatic heterocycles. The van der Waals surface area contributed by atoms with Crippen LogP contribution in [-0.4, -0.2) is 36.3 Å². The van der Waals surface area contributed by atoms with E-state index in [4.69, 9.17) is 14.3 Å². The minimum atomic E-state index is 0.375. The predicted molar refractivity (Wildman–Crippen MR) is 110 cm³/mol. The average Bonchev–Trinajstić information content (AvgIpc) is 2.89. The first kappa shape index (κ1) is 24.5. The summed E-state index contributed by atoms with van der Waals surface area (Å²) in [6.45, 7) is 16.7. The van der Waals surface area contributed by atoms with Crippen LogP contribution in [-0.2, 0) is 16.1 Å². The molecule has 0 aliphatic carbocycles. The molecule has 0 saturated heterocycles. The molecule has 1 aliphatic rings. The van der Waals surface area contributed by atoms with E-state index in [0.29, 0.717) is 19.7 Å². The molecule has 2 aromatic rings. The second-order valence-electron chi connectivity index (χ2n) is 5.03. The normalized spacial score (nSPS) is 10.5. The van der Waals surface area contributed by atoms with Gasteiger partial charge in [-0.3, -0.25) is 4.79 Å². The van der Waals surface area contributed by atoms with E-state index >= 15 is 0 Å². The molecule has 0 radical (unpaired) electrons. The Morgan fingerprint density at radius 3 is 2.41 bits per heavy atom. The van der Waals surface area contributed by atoms with Gasteiger partial charge in [-0.1, -0.05) is 27.7 Å². The Hall–Kier alpha value is -2.50. The summed E-state index contributed by atoms with van der Waals surface area (Å²) in [5.41, 5.74) is 3.33. The van der Waals surface area contributed by atoms with Crippen LogP contribution in [0, 0.1) is 13.8 Å². The molecule has 6 nitrogen and oxygen atoms in total. The van der Waals surface area contributed by atoms with Crippen molar-refractivity contribution in [1.29, 1.82) is 0 Å². The topological polar surface area (TPSA) is 62.6 Å². The number of imidazole rings is 1. The van der Waals surface area contributed by atoms with Crippen LogP contribution in [0.1, 0.15) is 46.0 Å². The summed E-state index contributed by atoms with van der Waals surface area (Å²) in [7, 11) is 1.31. The van der Waals surface area contributed by atoms with Crippen molar-refractivity contribution in [3.8, 4) is 22.9 Å². The van der Waals surface area contributed by atoms with Crippen LogP contribution in [0.15, 0.2) is 18.2 Å². The molecule has 27 heavy (non-hydrogen) atoms. The van der Waals surface area contributed by atoms with E-state index in [0.717, 1.165) is 35.1 Å². The van der Waals surface area contributed by atoms with Gasteiger partial charge >= 0.3 is 0 Å². The summed E-state index contributed by atoms with van der Waals surface area (Å²) in [6, 6.07) is 5.96. The van der Waals surface area contributed by atoms with Gasteiger partial charge in [0.15, 0.2) is 0 Å². The number of carbonyl (C=O) groups excluding carboxylic acids is 1. The number of aryl methyl sites for hydroxylation is 1. The molecule has 0 atom stereocenters. The van der Waals surface area contributed by atoms with Crippen LogP contribution < -0.4 is 9.47 Å². The minimum Gasteiger partial charge on any atom is -0.494 e. The molecule has 152 valence electrons. The maximum atomic E-state index is 8.95. The summed E-state index contributed by atoms with van der Waals surface area (Å²) in [5.74, 6) is 2.69. The Morgan fingerprint density at radius 2 is 1.85 bits per heavy atom. The van der Waals surface area contributed by atoms with Crippen molar-refractivity contribution in [2.45, 2.75) is 55.0 Å². The van der Waals surface area contributed by atoms with Gasteiger partial charge in [-0.2, -0.15) is 0 Å². The lowest BCUT2D eigenvalue weighted by Crippen LogP contribution is -2.07. The van der Waals surface area contributed by atoms with Gasteiger partial charge in [-0.05, 0) is 32.9 Å². The highest BCUT2D eigenvalue weighted by Crippen LogP contribution is 2.35. The summed E-state index contributed by atoms with van der Waals surface area (Å²) in [6.07, 6.45) is 0. The molecule has 0 bridgehead atoms. The molecule has 6 heteroatoms. The van der Waals surface area contributed by atoms with Gasteiger partial charge in [0.05, 0.1) is 31.5 Å².